The summed E-state index contributed by atoms with van der Waals surface area (Å²) in [6, 6.07) is 9.01. The molecule has 1 heterocycles. The predicted octanol–water partition coefficient (Wildman–Crippen LogP) is 4.72. The molecule has 0 aliphatic carbocycles. The molecule has 5 heteroatoms. The van der Waals surface area contributed by atoms with E-state index in [1.807, 2.05) is 39.0 Å². The summed E-state index contributed by atoms with van der Waals surface area (Å²) in [5.41, 5.74) is 2.97. The molecule has 0 radical (unpaired) electrons. The van der Waals surface area contributed by atoms with Crippen molar-refractivity contribution in [2.24, 2.45) is 0 Å². The highest BCUT2D eigenvalue weighted by Gasteiger charge is 2.11. The number of pyridine rings is 1. The van der Waals surface area contributed by atoms with Gasteiger partial charge in [-0.15, -0.1) is 0 Å². The predicted molar refractivity (Wildman–Crippen MR) is 87.4 cm³/mol. The van der Waals surface area contributed by atoms with E-state index in [1.165, 1.54) is 0 Å². The van der Waals surface area contributed by atoms with Gasteiger partial charge in [-0.3, -0.25) is 0 Å². The molecule has 0 aliphatic heterocycles. The van der Waals surface area contributed by atoms with Gasteiger partial charge in [-0.1, -0.05) is 29.8 Å². The minimum Gasteiger partial charge on any atom is -0.478 e. The number of carbonyl (C=O) groups is 1. The summed E-state index contributed by atoms with van der Waals surface area (Å²) in [7, 11) is 0. The third-order valence-electron chi connectivity index (χ3n) is 3.11. The smallest absolute Gasteiger partial charge is 0.335 e. The molecule has 0 amide bonds. The van der Waals surface area contributed by atoms with Crippen molar-refractivity contribution in [3.63, 3.8) is 0 Å². The normalized spacial score (nSPS) is 10.7. The van der Waals surface area contributed by atoms with E-state index in [0.717, 1.165) is 21.4 Å². The maximum absolute atomic E-state index is 11.2. The zero-order valence-corrected chi connectivity index (χ0v) is 13.7. The van der Waals surface area contributed by atoms with Crippen molar-refractivity contribution in [3.8, 4) is 0 Å². The summed E-state index contributed by atoms with van der Waals surface area (Å²) in [6.45, 7) is 5.97. The third-order valence-corrected chi connectivity index (χ3v) is 4.00. The van der Waals surface area contributed by atoms with Gasteiger partial charge in [0, 0.05) is 15.9 Å². The average Bonchev–Trinajstić information content (AvgIpc) is 2.42. The fourth-order valence-electron chi connectivity index (χ4n) is 1.91. The molecule has 110 valence electrons. The topological polar surface area (TPSA) is 62.2 Å². The first-order chi connectivity index (χ1) is 9.86. The Bertz CT molecular complexity index is 684. The van der Waals surface area contributed by atoms with Crippen molar-refractivity contribution in [1.29, 1.82) is 0 Å². The number of carboxylic acids is 1. The Morgan fingerprint density at radius 2 is 2.00 bits per heavy atom. The maximum Gasteiger partial charge on any atom is 0.335 e. The molecule has 4 nitrogen and oxygen atoms in total. The van der Waals surface area contributed by atoms with Gasteiger partial charge in [0.05, 0.1) is 5.56 Å². The second-order valence-corrected chi connectivity index (χ2v) is 6.07. The second-order valence-electron chi connectivity index (χ2n) is 5.21. The standard InChI is InChI=1S/C16H17BrN2O2/c1-9(2)14-7-11(16(20)21)8-15(19-14)18-12-4-5-13(17)10(3)6-12/h4-9H,1-3H3,(H,18,19)(H,20,21). The summed E-state index contributed by atoms with van der Waals surface area (Å²) >= 11 is 3.46. The van der Waals surface area contributed by atoms with Crippen LogP contribution in [0.5, 0.6) is 0 Å². The van der Waals surface area contributed by atoms with Crippen LogP contribution >= 0.6 is 15.9 Å². The van der Waals surface area contributed by atoms with E-state index in [9.17, 15) is 9.90 Å². The zero-order valence-electron chi connectivity index (χ0n) is 12.1. The quantitative estimate of drug-likeness (QED) is 0.839. The van der Waals surface area contributed by atoms with Crippen LogP contribution in [-0.4, -0.2) is 16.1 Å². The van der Waals surface area contributed by atoms with Crippen molar-refractivity contribution >= 4 is 33.4 Å². The maximum atomic E-state index is 11.2. The number of aromatic nitrogens is 1. The Hall–Kier alpha value is -1.88. The lowest BCUT2D eigenvalue weighted by molar-refractivity contribution is 0.0696. The van der Waals surface area contributed by atoms with E-state index < -0.39 is 5.97 Å². The SMILES string of the molecule is Cc1cc(Nc2cc(C(=O)O)cc(C(C)C)n2)ccc1Br. The highest BCUT2D eigenvalue weighted by Crippen LogP contribution is 2.24. The first-order valence-electron chi connectivity index (χ1n) is 6.65. The minimum atomic E-state index is -0.950. The highest BCUT2D eigenvalue weighted by atomic mass is 79.9. The molecular formula is C16H17BrN2O2. The van der Waals surface area contributed by atoms with E-state index in [1.54, 1.807) is 12.1 Å². The number of halogens is 1. The summed E-state index contributed by atoms with van der Waals surface area (Å²) in [4.78, 5) is 15.7. The summed E-state index contributed by atoms with van der Waals surface area (Å²) in [5.74, 6) is -0.244. The van der Waals surface area contributed by atoms with Gasteiger partial charge in [0.2, 0.25) is 0 Å². The number of hydrogen-bond acceptors (Lipinski definition) is 3. The van der Waals surface area contributed by atoms with Crippen LogP contribution in [0.1, 0.15) is 41.4 Å². The number of aryl methyl sites for hydroxylation is 1. The molecule has 2 aromatic rings. The van der Waals surface area contributed by atoms with E-state index in [0.29, 0.717) is 5.82 Å². The lowest BCUT2D eigenvalue weighted by atomic mass is 10.1. The van der Waals surface area contributed by atoms with Crippen LogP contribution in [0, 0.1) is 6.92 Å². The van der Waals surface area contributed by atoms with Gasteiger partial charge in [-0.05, 0) is 48.7 Å². The summed E-state index contributed by atoms with van der Waals surface area (Å²) < 4.78 is 1.03. The van der Waals surface area contributed by atoms with Gasteiger partial charge in [0.15, 0.2) is 0 Å². The van der Waals surface area contributed by atoms with Crippen LogP contribution in [0.4, 0.5) is 11.5 Å². The van der Waals surface area contributed by atoms with Crippen molar-refractivity contribution in [2.45, 2.75) is 26.7 Å². The van der Waals surface area contributed by atoms with Crippen molar-refractivity contribution in [2.75, 3.05) is 5.32 Å². The van der Waals surface area contributed by atoms with Crippen LogP contribution in [0.2, 0.25) is 0 Å². The van der Waals surface area contributed by atoms with Crippen LogP contribution < -0.4 is 5.32 Å². The number of rotatable bonds is 4. The monoisotopic (exact) mass is 348 g/mol. The Kier molecular flexibility index (Phi) is 4.63. The third kappa shape index (κ3) is 3.82. The Morgan fingerprint density at radius 3 is 2.57 bits per heavy atom. The molecule has 2 N–H and O–H groups in total. The lowest BCUT2D eigenvalue weighted by Gasteiger charge is -2.12. The van der Waals surface area contributed by atoms with E-state index in [4.69, 9.17) is 0 Å². The Labute approximate surface area is 132 Å². The molecule has 21 heavy (non-hydrogen) atoms. The van der Waals surface area contributed by atoms with E-state index in [-0.39, 0.29) is 11.5 Å². The number of carboxylic acid groups (broad SMARTS) is 1. The van der Waals surface area contributed by atoms with Crippen LogP contribution in [0.25, 0.3) is 0 Å². The largest absolute Gasteiger partial charge is 0.478 e. The molecule has 0 fully saturated rings. The molecule has 2 rings (SSSR count). The molecule has 0 saturated carbocycles. The van der Waals surface area contributed by atoms with Crippen molar-refractivity contribution in [1.82, 2.24) is 4.98 Å². The Morgan fingerprint density at radius 1 is 1.29 bits per heavy atom. The second kappa shape index (κ2) is 6.26. The van der Waals surface area contributed by atoms with Gasteiger partial charge < -0.3 is 10.4 Å². The molecule has 0 unspecified atom stereocenters. The van der Waals surface area contributed by atoms with Gasteiger partial charge in [-0.25, -0.2) is 9.78 Å². The minimum absolute atomic E-state index is 0.163. The van der Waals surface area contributed by atoms with Crippen molar-refractivity contribution in [3.05, 3.63) is 51.6 Å². The van der Waals surface area contributed by atoms with Gasteiger partial charge in [0.1, 0.15) is 5.82 Å². The fourth-order valence-corrected chi connectivity index (χ4v) is 2.15. The van der Waals surface area contributed by atoms with Gasteiger partial charge in [0.25, 0.3) is 0 Å². The molecule has 0 saturated heterocycles. The zero-order chi connectivity index (χ0) is 15.6. The summed E-state index contributed by atoms with van der Waals surface area (Å²) in [6.07, 6.45) is 0. The van der Waals surface area contributed by atoms with Gasteiger partial charge >= 0.3 is 5.97 Å². The summed E-state index contributed by atoms with van der Waals surface area (Å²) in [5, 5.41) is 12.4. The number of nitrogens with one attached hydrogen (secondary N) is 1. The van der Waals surface area contributed by atoms with Crippen molar-refractivity contribution < 1.29 is 9.90 Å². The first-order valence-corrected chi connectivity index (χ1v) is 7.44. The molecule has 0 bridgehead atoms. The number of nitrogens with zero attached hydrogens (tertiary/aromatic N) is 1. The molecule has 1 aromatic heterocycles. The lowest BCUT2D eigenvalue weighted by Crippen LogP contribution is -2.04. The molecule has 0 spiro atoms. The number of benzene rings is 1. The van der Waals surface area contributed by atoms with E-state index >= 15 is 0 Å². The van der Waals surface area contributed by atoms with Crippen LogP contribution in [0.15, 0.2) is 34.8 Å². The first kappa shape index (κ1) is 15.5. The molecule has 0 atom stereocenters. The number of anilines is 2. The highest BCUT2D eigenvalue weighted by molar-refractivity contribution is 9.10. The number of hydrogen-bond donors (Lipinski definition) is 2. The van der Waals surface area contributed by atoms with Crippen LogP contribution in [0.3, 0.4) is 0 Å². The van der Waals surface area contributed by atoms with Crippen LogP contribution in [-0.2, 0) is 0 Å². The van der Waals surface area contributed by atoms with Gasteiger partial charge in [-0.2, -0.15) is 0 Å². The molecule has 1 aromatic carbocycles. The average molecular weight is 349 g/mol. The van der Waals surface area contributed by atoms with E-state index in [2.05, 4.69) is 26.2 Å². The molecular weight excluding hydrogens is 332 g/mol. The Balaban J connectivity index is 2.38. The fraction of sp³-hybridized carbons (Fsp3) is 0.250. The number of aromatic carboxylic acids is 1. The molecule has 0 aliphatic rings.